The Morgan fingerprint density at radius 3 is 2.62 bits per heavy atom. The monoisotopic (exact) mass is 572 g/mol. The summed E-state index contributed by atoms with van der Waals surface area (Å²) in [5.74, 6) is -0.0275. The predicted molar refractivity (Wildman–Crippen MR) is 160 cm³/mol. The number of aliphatic hydroxyl groups is 2. The molecule has 4 N–H and O–H groups in total. The zero-order chi connectivity index (χ0) is 30.0. The normalized spacial score (nSPS) is 38.3. The lowest BCUT2D eigenvalue weighted by Gasteiger charge is -2.60. The van der Waals surface area contributed by atoms with E-state index in [9.17, 15) is 24.6 Å². The number of hydrogen-bond donors (Lipinski definition) is 3. The second-order valence-corrected chi connectivity index (χ2v) is 14.0. The van der Waals surface area contributed by atoms with E-state index in [1.807, 2.05) is 30.3 Å². The highest BCUT2D eigenvalue weighted by Crippen LogP contribution is 2.72. The molecule has 0 bridgehead atoms. The standard InChI is InChI=1S/C35H44N2O5/c1-21(11-13-36)14-22-4-6-23(7-5-22)32(42)37-18-25-16-28-27-9-8-24-15-26(39)10-12-33(24,2)31(27)29(40)17-34(28,3)35(25,20-37)30(41)19-38/h4-7,10,12,15,25,27-29,31,38,40H,1,8-9,11,13-14,16-20,36H2,2-3H3/t25-,27?,28?,29?,31?,33?,34?,35?/m0/s1. The molecule has 1 amide bonds. The van der Waals surface area contributed by atoms with Crippen molar-refractivity contribution in [3.8, 4) is 0 Å². The maximum absolute atomic E-state index is 13.8. The SMILES string of the molecule is C=C(CCN)Cc1ccc(C(=O)N2C[C@@H]3CC4C5CCC6=CC(=O)C=CC6(C)C5C(O)CC4(C)C3(C(=O)CO)C2)cc1. The number of allylic oxidation sites excluding steroid dienone is 4. The van der Waals surface area contributed by atoms with Gasteiger partial charge in [-0.05, 0) is 98.1 Å². The minimum Gasteiger partial charge on any atom is -0.393 e. The number of hydrogen-bond acceptors (Lipinski definition) is 6. The van der Waals surface area contributed by atoms with E-state index in [0.29, 0.717) is 25.1 Å². The van der Waals surface area contributed by atoms with Crippen LogP contribution >= 0.6 is 0 Å². The van der Waals surface area contributed by atoms with Crippen molar-refractivity contribution >= 4 is 17.5 Å². The molecule has 3 saturated carbocycles. The van der Waals surface area contributed by atoms with E-state index in [1.165, 1.54) is 0 Å². The average molecular weight is 573 g/mol. The molecule has 6 rings (SSSR count). The second-order valence-electron chi connectivity index (χ2n) is 14.0. The Hall–Kier alpha value is -2.87. The number of benzene rings is 1. The van der Waals surface area contributed by atoms with Crippen molar-refractivity contribution in [1.29, 1.82) is 0 Å². The Morgan fingerprint density at radius 2 is 1.93 bits per heavy atom. The van der Waals surface area contributed by atoms with Crippen molar-refractivity contribution in [1.82, 2.24) is 4.90 Å². The molecular weight excluding hydrogens is 528 g/mol. The van der Waals surface area contributed by atoms with Gasteiger partial charge in [-0.1, -0.05) is 49.8 Å². The van der Waals surface area contributed by atoms with Crippen LogP contribution in [-0.4, -0.2) is 64.9 Å². The van der Waals surface area contributed by atoms with Crippen molar-refractivity contribution in [2.24, 2.45) is 45.7 Å². The molecule has 7 nitrogen and oxygen atoms in total. The van der Waals surface area contributed by atoms with E-state index in [-0.39, 0.29) is 53.1 Å². The molecule has 0 spiro atoms. The molecule has 5 aliphatic rings. The van der Waals surface area contributed by atoms with E-state index < -0.39 is 23.5 Å². The van der Waals surface area contributed by atoms with Gasteiger partial charge in [-0.3, -0.25) is 14.4 Å². The topological polar surface area (TPSA) is 121 Å². The molecule has 0 radical (unpaired) electrons. The molecule has 4 fully saturated rings. The van der Waals surface area contributed by atoms with Gasteiger partial charge in [0.15, 0.2) is 11.6 Å². The first kappa shape index (κ1) is 29.2. The Labute approximate surface area is 248 Å². The van der Waals surface area contributed by atoms with Crippen molar-refractivity contribution in [3.05, 3.63) is 71.3 Å². The third kappa shape index (κ3) is 4.15. The molecule has 8 atom stereocenters. The first-order chi connectivity index (χ1) is 20.0. The van der Waals surface area contributed by atoms with Crippen molar-refractivity contribution < 1.29 is 24.6 Å². The molecule has 224 valence electrons. The number of ketones is 2. The molecule has 1 aromatic carbocycles. The molecule has 42 heavy (non-hydrogen) atoms. The fourth-order valence-electron chi connectivity index (χ4n) is 10.2. The Balaban J connectivity index is 1.28. The highest BCUT2D eigenvalue weighted by atomic mass is 16.3. The zero-order valence-corrected chi connectivity index (χ0v) is 24.9. The number of amides is 1. The predicted octanol–water partition coefficient (Wildman–Crippen LogP) is 3.64. The summed E-state index contributed by atoms with van der Waals surface area (Å²) in [6.07, 6.45) is 9.12. The number of aliphatic hydroxyl groups excluding tert-OH is 2. The summed E-state index contributed by atoms with van der Waals surface area (Å²) >= 11 is 0. The van der Waals surface area contributed by atoms with E-state index in [2.05, 4.69) is 20.4 Å². The lowest BCUT2D eigenvalue weighted by atomic mass is 9.44. The summed E-state index contributed by atoms with van der Waals surface area (Å²) in [5.41, 5.74) is 7.63. The van der Waals surface area contributed by atoms with Crippen LogP contribution in [0.1, 0.15) is 61.9 Å². The molecule has 7 heteroatoms. The second kappa shape index (κ2) is 10.4. The summed E-state index contributed by atoms with van der Waals surface area (Å²) in [5, 5.41) is 22.1. The molecular formula is C35H44N2O5. The lowest BCUT2D eigenvalue weighted by Crippen LogP contribution is -2.60. The van der Waals surface area contributed by atoms with E-state index in [0.717, 1.165) is 48.8 Å². The fourth-order valence-corrected chi connectivity index (χ4v) is 10.2. The number of nitrogens with two attached hydrogens (primary N) is 1. The summed E-state index contributed by atoms with van der Waals surface area (Å²) in [4.78, 5) is 41.6. The first-order valence-electron chi connectivity index (χ1n) is 15.5. The van der Waals surface area contributed by atoms with Gasteiger partial charge in [0.2, 0.25) is 0 Å². The molecule has 1 saturated heterocycles. The highest BCUT2D eigenvalue weighted by molar-refractivity contribution is 6.01. The lowest BCUT2D eigenvalue weighted by molar-refractivity contribution is -0.158. The number of Topliss-reactive ketones (excluding diaryl/α,β-unsaturated/α-hetero) is 1. The largest absolute Gasteiger partial charge is 0.393 e. The maximum Gasteiger partial charge on any atom is 0.253 e. The van der Waals surface area contributed by atoms with Crippen LogP contribution in [0.2, 0.25) is 0 Å². The molecule has 7 unspecified atom stereocenters. The van der Waals surface area contributed by atoms with Gasteiger partial charge in [-0.2, -0.15) is 0 Å². The van der Waals surface area contributed by atoms with Gasteiger partial charge in [0, 0.05) is 30.0 Å². The van der Waals surface area contributed by atoms with Crippen LogP contribution in [0.5, 0.6) is 0 Å². The van der Waals surface area contributed by atoms with Gasteiger partial charge in [0.25, 0.3) is 5.91 Å². The van der Waals surface area contributed by atoms with Gasteiger partial charge in [0.1, 0.15) is 6.61 Å². The summed E-state index contributed by atoms with van der Waals surface area (Å²) < 4.78 is 0. The van der Waals surface area contributed by atoms with Crippen molar-refractivity contribution in [3.63, 3.8) is 0 Å². The van der Waals surface area contributed by atoms with E-state index in [1.54, 1.807) is 17.1 Å². The minimum atomic E-state index is -0.899. The quantitative estimate of drug-likeness (QED) is 0.429. The number of likely N-dealkylation sites (tertiary alicyclic amines) is 1. The van der Waals surface area contributed by atoms with Gasteiger partial charge in [0.05, 0.1) is 11.5 Å². The summed E-state index contributed by atoms with van der Waals surface area (Å²) in [6.45, 7) is 9.09. The number of nitrogens with zero attached hydrogens (tertiary/aromatic N) is 1. The molecule has 4 aliphatic carbocycles. The minimum absolute atomic E-state index is 0.00963. The third-order valence-electron chi connectivity index (χ3n) is 12.1. The van der Waals surface area contributed by atoms with Crippen LogP contribution < -0.4 is 5.73 Å². The van der Waals surface area contributed by atoms with Crippen LogP contribution in [0.4, 0.5) is 0 Å². The number of fused-ring (bicyclic) bond motifs is 7. The van der Waals surface area contributed by atoms with Crippen LogP contribution in [0.3, 0.4) is 0 Å². The first-order valence-corrected chi connectivity index (χ1v) is 15.5. The van der Waals surface area contributed by atoms with E-state index >= 15 is 0 Å². The van der Waals surface area contributed by atoms with Crippen LogP contribution in [0.15, 0.2) is 60.2 Å². The molecule has 1 heterocycles. The van der Waals surface area contributed by atoms with Gasteiger partial charge in [-0.25, -0.2) is 0 Å². The Bertz CT molecular complexity index is 1380. The number of carbonyl (C=O) groups is 3. The number of rotatable bonds is 7. The Kier molecular flexibility index (Phi) is 7.23. The van der Waals surface area contributed by atoms with Crippen molar-refractivity contribution in [2.75, 3.05) is 26.2 Å². The van der Waals surface area contributed by atoms with Gasteiger partial charge >= 0.3 is 0 Å². The maximum atomic E-state index is 13.8. The number of carbonyl (C=O) groups excluding carboxylic acids is 3. The van der Waals surface area contributed by atoms with Crippen LogP contribution in [0.25, 0.3) is 0 Å². The average Bonchev–Trinajstić information content (AvgIpc) is 3.46. The third-order valence-corrected chi connectivity index (χ3v) is 12.1. The molecule has 1 aromatic rings. The molecule has 0 aromatic heterocycles. The van der Waals surface area contributed by atoms with E-state index in [4.69, 9.17) is 5.73 Å². The summed E-state index contributed by atoms with van der Waals surface area (Å²) in [7, 11) is 0. The Morgan fingerprint density at radius 1 is 1.19 bits per heavy atom. The fraction of sp³-hybridized carbons (Fsp3) is 0.571. The van der Waals surface area contributed by atoms with Gasteiger partial charge in [-0.15, -0.1) is 0 Å². The highest BCUT2D eigenvalue weighted by Gasteiger charge is 2.73. The summed E-state index contributed by atoms with van der Waals surface area (Å²) in [6, 6.07) is 7.60. The zero-order valence-electron chi connectivity index (χ0n) is 24.9. The van der Waals surface area contributed by atoms with Crippen LogP contribution in [0, 0.1) is 39.9 Å². The van der Waals surface area contributed by atoms with Crippen LogP contribution in [-0.2, 0) is 16.0 Å². The molecule has 1 aliphatic heterocycles. The smallest absolute Gasteiger partial charge is 0.253 e. The van der Waals surface area contributed by atoms with Crippen molar-refractivity contribution in [2.45, 2.75) is 58.5 Å². The van der Waals surface area contributed by atoms with Gasteiger partial charge < -0.3 is 20.8 Å².